The Bertz CT molecular complexity index is 1960. The van der Waals surface area contributed by atoms with E-state index in [0.29, 0.717) is 47.6 Å². The molecule has 2 aliphatic heterocycles. The van der Waals surface area contributed by atoms with E-state index in [1.54, 1.807) is 13.2 Å². The summed E-state index contributed by atoms with van der Waals surface area (Å²) in [6.07, 6.45) is 5.93. The van der Waals surface area contributed by atoms with Gasteiger partial charge in [-0.3, -0.25) is 19.1 Å². The number of aryl methyl sites for hydroxylation is 1. The van der Waals surface area contributed by atoms with E-state index in [0.717, 1.165) is 32.1 Å². The summed E-state index contributed by atoms with van der Waals surface area (Å²) < 4.78 is 45.3. The van der Waals surface area contributed by atoms with Gasteiger partial charge in [0.15, 0.2) is 0 Å². The SMILES string of the molecule is C=CC1C[C@]1(NC(=O)[C@@H]1CC2CN1C(=O)C(C(C)(C)C)NC(=O)O[C@@H]1C[C@H]1CCCCCc1nc3ccc(OC)cc3nc1O2)C(=O)NS(=O)(=O)C1CC1. The van der Waals surface area contributed by atoms with Gasteiger partial charge in [-0.2, -0.15) is 0 Å². The van der Waals surface area contributed by atoms with Crippen molar-refractivity contribution in [3.63, 3.8) is 0 Å². The van der Waals surface area contributed by atoms with Crippen LogP contribution in [0.15, 0.2) is 30.9 Å². The minimum atomic E-state index is -3.90. The molecule has 3 aliphatic carbocycles. The number of carbonyl (C=O) groups is 4. The van der Waals surface area contributed by atoms with Gasteiger partial charge >= 0.3 is 6.09 Å². The average Bonchev–Trinajstić information content (AvgIpc) is 4.04. The van der Waals surface area contributed by atoms with E-state index in [1.807, 2.05) is 32.9 Å². The van der Waals surface area contributed by atoms with Crippen molar-refractivity contribution in [3.8, 4) is 11.6 Å². The van der Waals surface area contributed by atoms with Crippen molar-refractivity contribution in [1.82, 2.24) is 30.2 Å². The van der Waals surface area contributed by atoms with Gasteiger partial charge in [0.25, 0.3) is 5.91 Å². The van der Waals surface area contributed by atoms with Crippen LogP contribution in [0.5, 0.6) is 11.6 Å². The fourth-order valence-corrected chi connectivity index (χ4v) is 9.00. The molecule has 3 unspecified atom stereocenters. The maximum atomic E-state index is 14.6. The fraction of sp³-hybridized carbons (Fsp3) is 0.632. The number of ether oxygens (including phenoxy) is 3. The second kappa shape index (κ2) is 14.3. The monoisotopic (exact) mass is 766 g/mol. The average molecular weight is 767 g/mol. The van der Waals surface area contributed by atoms with Crippen molar-refractivity contribution in [3.05, 3.63) is 36.5 Å². The van der Waals surface area contributed by atoms with Gasteiger partial charge in [0.2, 0.25) is 27.7 Å². The Labute approximate surface area is 315 Å². The minimum absolute atomic E-state index is 0.0245. The zero-order valence-corrected chi connectivity index (χ0v) is 32.1. The number of sulfonamides is 1. The number of hydrogen-bond acceptors (Lipinski definition) is 11. The zero-order valence-electron chi connectivity index (χ0n) is 31.3. The number of nitrogens with zero attached hydrogens (tertiary/aromatic N) is 3. The van der Waals surface area contributed by atoms with Crippen LogP contribution in [0.4, 0.5) is 4.79 Å². The molecule has 7 rings (SSSR count). The first-order valence-corrected chi connectivity index (χ1v) is 20.5. The van der Waals surface area contributed by atoms with Crippen molar-refractivity contribution >= 4 is 44.9 Å². The summed E-state index contributed by atoms with van der Waals surface area (Å²) in [5.41, 5.74) is -0.451. The number of amides is 4. The molecule has 1 aromatic carbocycles. The van der Waals surface area contributed by atoms with E-state index in [-0.39, 0.29) is 31.4 Å². The predicted molar refractivity (Wildman–Crippen MR) is 197 cm³/mol. The van der Waals surface area contributed by atoms with E-state index in [9.17, 15) is 27.6 Å². The topological polar surface area (TPSA) is 195 Å². The Kier molecular flexibility index (Phi) is 10.0. The molecule has 292 valence electrons. The summed E-state index contributed by atoms with van der Waals surface area (Å²) in [5, 5.41) is 4.96. The molecule has 4 amide bonds. The quantitative estimate of drug-likeness (QED) is 0.350. The molecule has 2 bridgehead atoms. The normalized spacial score (nSPS) is 30.3. The van der Waals surface area contributed by atoms with E-state index >= 15 is 0 Å². The van der Waals surface area contributed by atoms with Gasteiger partial charge < -0.3 is 29.7 Å². The Balaban J connectivity index is 1.22. The highest BCUT2D eigenvalue weighted by Gasteiger charge is 2.62. The molecule has 3 saturated carbocycles. The number of aromatic nitrogens is 2. The molecule has 3 N–H and O–H groups in total. The van der Waals surface area contributed by atoms with Gasteiger partial charge in [-0.25, -0.2) is 23.2 Å². The van der Waals surface area contributed by atoms with Crippen LogP contribution in [0, 0.1) is 17.3 Å². The third-order valence-electron chi connectivity index (χ3n) is 11.3. The number of carbonyl (C=O) groups excluding carboxylic acids is 4. The van der Waals surface area contributed by atoms with Crippen molar-refractivity contribution in [2.75, 3.05) is 13.7 Å². The highest BCUT2D eigenvalue weighted by molar-refractivity contribution is 7.91. The predicted octanol–water partition coefficient (Wildman–Crippen LogP) is 3.30. The van der Waals surface area contributed by atoms with Gasteiger partial charge in [-0.1, -0.05) is 39.7 Å². The van der Waals surface area contributed by atoms with Crippen LogP contribution < -0.4 is 24.8 Å². The van der Waals surface area contributed by atoms with Crippen LogP contribution in [0.1, 0.15) is 84.3 Å². The molecule has 7 atom stereocenters. The summed E-state index contributed by atoms with van der Waals surface area (Å²) in [5.74, 6) is -1.39. The smallest absolute Gasteiger partial charge is 0.408 e. The maximum Gasteiger partial charge on any atom is 0.408 e. The third-order valence-corrected chi connectivity index (χ3v) is 13.1. The van der Waals surface area contributed by atoms with Crippen molar-refractivity contribution in [2.24, 2.45) is 17.3 Å². The van der Waals surface area contributed by atoms with Crippen LogP contribution in [-0.2, 0) is 35.6 Å². The van der Waals surface area contributed by atoms with E-state index in [2.05, 4.69) is 21.9 Å². The molecule has 0 radical (unpaired) electrons. The molecule has 54 heavy (non-hydrogen) atoms. The lowest BCUT2D eigenvalue weighted by Crippen LogP contribution is -2.60. The number of hydrogen-bond donors (Lipinski definition) is 3. The molecule has 2 aromatic rings. The number of rotatable bonds is 7. The van der Waals surface area contributed by atoms with Crippen LogP contribution >= 0.6 is 0 Å². The molecule has 0 spiro atoms. The number of nitrogens with one attached hydrogen (secondary N) is 3. The van der Waals surface area contributed by atoms with Crippen LogP contribution in [-0.4, -0.2) is 95.8 Å². The highest BCUT2D eigenvalue weighted by atomic mass is 32.2. The molecular weight excluding hydrogens is 717 g/mol. The van der Waals surface area contributed by atoms with Crippen LogP contribution in [0.2, 0.25) is 0 Å². The van der Waals surface area contributed by atoms with Gasteiger partial charge in [0.1, 0.15) is 41.3 Å². The molecule has 3 heterocycles. The van der Waals surface area contributed by atoms with Crippen molar-refractivity contribution in [1.29, 1.82) is 0 Å². The van der Waals surface area contributed by atoms with Gasteiger partial charge in [-0.15, -0.1) is 6.58 Å². The van der Waals surface area contributed by atoms with Crippen molar-refractivity contribution < 1.29 is 41.8 Å². The number of fused-ring (bicyclic) bond motifs is 5. The standard InChI is InChI=1S/C38H50N6O9S/c1-6-22-19-38(22,35(47)43-54(49,50)25-13-14-25)42-32(45)29-18-24-20-44(29)34(46)31(37(2,3)4)41-36(48)53-30-16-21(30)10-8-7-9-11-27-33(52-24)40-28-17-23(51-5)12-15-26(28)39-27/h6,12,15,17,21-22,24-25,29-31H,1,7-11,13-14,16,18-20H2,2-5H3,(H,41,48)(H,42,45)(H,43,47)/t21-,22?,24?,29+,30-,31?,38-/m1/s1. The lowest BCUT2D eigenvalue weighted by Gasteiger charge is -2.35. The van der Waals surface area contributed by atoms with E-state index in [1.165, 1.54) is 11.0 Å². The first kappa shape index (κ1) is 37.8. The maximum absolute atomic E-state index is 14.6. The van der Waals surface area contributed by atoms with Gasteiger partial charge in [0, 0.05) is 18.4 Å². The lowest BCUT2D eigenvalue weighted by molar-refractivity contribution is -0.142. The summed E-state index contributed by atoms with van der Waals surface area (Å²) in [6.45, 7) is 9.18. The highest BCUT2D eigenvalue weighted by Crippen LogP contribution is 2.46. The molecule has 4 fully saturated rings. The van der Waals surface area contributed by atoms with E-state index < -0.39 is 74.1 Å². The number of methoxy groups -OCH3 is 1. The van der Waals surface area contributed by atoms with Crippen LogP contribution in [0.3, 0.4) is 0 Å². The van der Waals surface area contributed by atoms with Gasteiger partial charge in [0.05, 0.1) is 29.9 Å². The van der Waals surface area contributed by atoms with E-state index in [4.69, 9.17) is 24.2 Å². The summed E-state index contributed by atoms with van der Waals surface area (Å²) in [7, 11) is -2.33. The molecule has 16 heteroatoms. The number of alkyl carbamates (subject to hydrolysis) is 1. The summed E-state index contributed by atoms with van der Waals surface area (Å²) in [6, 6.07) is 3.20. The Morgan fingerprint density at radius 3 is 2.54 bits per heavy atom. The first-order valence-electron chi connectivity index (χ1n) is 18.9. The third kappa shape index (κ3) is 7.85. The Hall–Kier alpha value is -4.47. The first-order chi connectivity index (χ1) is 25.6. The zero-order chi connectivity index (χ0) is 38.6. The fourth-order valence-electron chi connectivity index (χ4n) is 7.64. The molecule has 1 saturated heterocycles. The van der Waals surface area contributed by atoms with Crippen molar-refractivity contribution in [2.45, 2.75) is 120 Å². The Morgan fingerprint density at radius 2 is 1.85 bits per heavy atom. The summed E-state index contributed by atoms with van der Waals surface area (Å²) >= 11 is 0. The van der Waals surface area contributed by atoms with Gasteiger partial charge in [-0.05, 0) is 68.4 Å². The molecular formula is C38H50N6O9S. The molecule has 1 aromatic heterocycles. The molecule has 15 nitrogen and oxygen atoms in total. The lowest BCUT2D eigenvalue weighted by atomic mass is 9.85. The molecule has 5 aliphatic rings. The minimum Gasteiger partial charge on any atom is -0.497 e. The van der Waals surface area contributed by atoms with Crippen LogP contribution in [0.25, 0.3) is 11.0 Å². The summed E-state index contributed by atoms with van der Waals surface area (Å²) in [4.78, 5) is 66.8. The largest absolute Gasteiger partial charge is 0.497 e. The second-order valence-electron chi connectivity index (χ2n) is 16.5. The Morgan fingerprint density at radius 1 is 1.07 bits per heavy atom. The second-order valence-corrected chi connectivity index (χ2v) is 18.4. The number of benzene rings is 1.